The predicted molar refractivity (Wildman–Crippen MR) is 227 cm³/mol. The Bertz CT molecular complexity index is 2400. The monoisotopic (exact) mass is 941 g/mol. The maximum atomic E-state index is 16.6. The second-order valence-corrected chi connectivity index (χ2v) is 20.5. The zero-order valence-electron chi connectivity index (χ0n) is 34.5. The molecule has 0 aliphatic carbocycles. The maximum absolute atomic E-state index is 16.6. The van der Waals surface area contributed by atoms with E-state index < -0.39 is 70.1 Å². The van der Waals surface area contributed by atoms with E-state index in [1.807, 2.05) is 24.3 Å². The van der Waals surface area contributed by atoms with E-state index in [4.69, 9.17) is 59.0 Å². The Labute approximate surface area is 364 Å². The molecular formula is C35H48BF2N11O11P2S. The van der Waals surface area contributed by atoms with Crippen molar-refractivity contribution in [2.75, 3.05) is 64.8 Å². The van der Waals surface area contributed by atoms with E-state index in [0.29, 0.717) is 51.7 Å². The average Bonchev–Trinajstić information content (AvgIpc) is 4.04. The first-order valence-electron chi connectivity index (χ1n) is 19.7. The smallest absolute Gasteiger partial charge is 0.382 e. The van der Waals surface area contributed by atoms with E-state index in [0.717, 1.165) is 31.6 Å². The van der Waals surface area contributed by atoms with Gasteiger partial charge in [0.1, 0.15) is 42.0 Å². The lowest BCUT2D eigenvalue weighted by atomic mass is 10.1. The van der Waals surface area contributed by atoms with Crippen molar-refractivity contribution in [3.63, 3.8) is 0 Å². The third-order valence-corrected chi connectivity index (χ3v) is 14.9. The van der Waals surface area contributed by atoms with E-state index in [1.54, 1.807) is 6.92 Å². The van der Waals surface area contributed by atoms with Crippen LogP contribution in [-0.2, 0) is 63.3 Å². The van der Waals surface area contributed by atoms with Crippen molar-refractivity contribution >= 4 is 67.2 Å². The SMILES string of the molecule is BP(=O)(OC)O[C@H]1[C@@H](F)[C@H](n2cnc3c(N)ncnc32)O[C@@H]1CO[P@@](=O)(O[C@H]1[C@@H](F)[C@H](n2cnc3c(N)ncnc32)O[C@@H]1C)SCc1ccc(COCCOCCOCCN)cc1. The highest BCUT2D eigenvalue weighted by Gasteiger charge is 2.52. The van der Waals surface area contributed by atoms with Gasteiger partial charge in [0.2, 0.25) is 0 Å². The number of hydrogen-bond donors (Lipinski definition) is 3. The van der Waals surface area contributed by atoms with Crippen LogP contribution in [0.3, 0.4) is 0 Å². The number of aromatic nitrogens is 8. The molecule has 2 fully saturated rings. The van der Waals surface area contributed by atoms with Gasteiger partial charge in [-0.3, -0.25) is 22.7 Å². The van der Waals surface area contributed by atoms with Crippen LogP contribution in [-0.4, -0.2) is 137 Å². The molecule has 0 radical (unpaired) electrons. The van der Waals surface area contributed by atoms with Gasteiger partial charge in [0.05, 0.1) is 65.0 Å². The van der Waals surface area contributed by atoms with Gasteiger partial charge >= 0.3 is 6.80 Å². The van der Waals surface area contributed by atoms with E-state index in [-0.39, 0.29) is 39.7 Å². The molecule has 22 nitrogen and oxygen atoms in total. The number of fused-ring (bicyclic) bond motifs is 2. The molecule has 2 aliphatic rings. The number of hydrogen-bond acceptors (Lipinski definition) is 21. The number of ether oxygens (including phenoxy) is 5. The van der Waals surface area contributed by atoms with Gasteiger partial charge in [-0.1, -0.05) is 24.3 Å². The Morgan fingerprint density at radius 1 is 0.778 bits per heavy atom. The zero-order chi connectivity index (χ0) is 44.7. The molecule has 1 unspecified atom stereocenters. The first kappa shape index (κ1) is 47.2. The van der Waals surface area contributed by atoms with Crippen molar-refractivity contribution in [2.24, 2.45) is 5.73 Å². The van der Waals surface area contributed by atoms with Crippen LogP contribution >= 0.6 is 25.7 Å². The van der Waals surface area contributed by atoms with Crippen LogP contribution in [0.1, 0.15) is 30.5 Å². The summed E-state index contributed by atoms with van der Waals surface area (Å²) in [5.74, 6) is 0.208. The van der Waals surface area contributed by atoms with Crippen LogP contribution in [0.5, 0.6) is 0 Å². The number of alkyl halides is 2. The molecule has 10 atom stereocenters. The molecule has 0 bridgehead atoms. The van der Waals surface area contributed by atoms with Crippen molar-refractivity contribution in [1.82, 2.24) is 39.0 Å². The van der Waals surface area contributed by atoms with E-state index in [2.05, 4.69) is 29.9 Å². The first-order valence-corrected chi connectivity index (χ1v) is 24.8. The molecule has 0 saturated carbocycles. The molecule has 2 saturated heterocycles. The minimum atomic E-state index is -4.44. The third kappa shape index (κ3) is 11.2. The summed E-state index contributed by atoms with van der Waals surface area (Å²) in [7, 11) is -1.55. The van der Waals surface area contributed by atoms with Crippen molar-refractivity contribution in [1.29, 1.82) is 0 Å². The number of nitrogens with two attached hydrogens (primary N) is 3. The van der Waals surface area contributed by atoms with Crippen LogP contribution in [0.2, 0.25) is 0 Å². The highest BCUT2D eigenvalue weighted by molar-refractivity contribution is 8.54. The normalized spacial score (nSPS) is 25.8. The van der Waals surface area contributed by atoms with Gasteiger partial charge in [-0.2, -0.15) is 0 Å². The van der Waals surface area contributed by atoms with Crippen LogP contribution < -0.4 is 17.2 Å². The summed E-state index contributed by atoms with van der Waals surface area (Å²) < 4.78 is 115. The van der Waals surface area contributed by atoms with Crippen molar-refractivity contribution in [3.05, 3.63) is 60.7 Å². The molecule has 1 aromatic carbocycles. The topological polar surface area (TPSA) is 282 Å². The fourth-order valence-electron chi connectivity index (χ4n) is 6.72. The van der Waals surface area contributed by atoms with Gasteiger partial charge in [0.15, 0.2) is 47.7 Å². The minimum absolute atomic E-state index is 0.0507. The minimum Gasteiger partial charge on any atom is -0.382 e. The number of imidazole rings is 2. The van der Waals surface area contributed by atoms with Crippen LogP contribution in [0.25, 0.3) is 22.3 Å². The fourth-order valence-corrected chi connectivity index (χ4v) is 10.9. The zero-order valence-corrected chi connectivity index (χ0v) is 37.1. The third-order valence-electron chi connectivity index (χ3n) is 9.97. The highest BCUT2D eigenvalue weighted by atomic mass is 32.7. The Balaban J connectivity index is 1.08. The van der Waals surface area contributed by atoms with Gasteiger partial charge < -0.3 is 49.9 Å². The second kappa shape index (κ2) is 21.0. The lowest BCUT2D eigenvalue weighted by molar-refractivity contribution is -0.0428. The number of nitrogens with zero attached hydrogens (tertiary/aromatic N) is 8. The summed E-state index contributed by atoms with van der Waals surface area (Å²) in [6.45, 7) is -0.639. The molecule has 2 aliphatic heterocycles. The standard InChI is InChI=1S/C35H48BF2N11O11P2S/c1-20-28(24(37)34(57-20)48-18-46-26-30(40)42-16-44-32(26)48)60-62(51,63-15-22-5-3-21(4-6-22)13-55-12-11-54-10-9-53-8-7-39)56-14-23-29(59-61(36,50)52-2)25(38)35(58-23)49-19-47-27-31(41)43-17-45-33(27)49/h3-6,16-20,23-25,28-29,34-35H,7-15,36,39H2,1-2H3,(H2,40,42,44)(H2,41,43,45)/t20-,23-,24-,25-,28-,29-,34-,35-,61?,62+/m1/s1. The Morgan fingerprint density at radius 2 is 1.33 bits per heavy atom. The summed E-state index contributed by atoms with van der Waals surface area (Å²) in [5, 5.41) is 0. The quantitative estimate of drug-likeness (QED) is 0.0482. The van der Waals surface area contributed by atoms with E-state index >= 15 is 8.78 Å². The van der Waals surface area contributed by atoms with Crippen LogP contribution in [0, 0.1) is 0 Å². The van der Waals surface area contributed by atoms with Gasteiger partial charge in [-0.05, 0) is 29.4 Å². The van der Waals surface area contributed by atoms with Gasteiger partial charge in [-0.15, -0.1) is 0 Å². The van der Waals surface area contributed by atoms with E-state index in [9.17, 15) is 9.13 Å². The number of anilines is 2. The molecule has 6 heterocycles. The Hall–Kier alpha value is -3.75. The molecule has 5 aromatic rings. The highest BCUT2D eigenvalue weighted by Crippen LogP contribution is 2.64. The van der Waals surface area contributed by atoms with Crippen molar-refractivity contribution < 1.29 is 59.7 Å². The molecule has 0 spiro atoms. The predicted octanol–water partition coefficient (Wildman–Crippen LogP) is 3.05. The molecule has 4 aromatic heterocycles. The maximum Gasteiger partial charge on any atom is 0.389 e. The summed E-state index contributed by atoms with van der Waals surface area (Å²) in [6.07, 6.45) is -7.10. The largest absolute Gasteiger partial charge is 0.389 e. The summed E-state index contributed by atoms with van der Waals surface area (Å²) in [6, 6.07) is 7.31. The molecule has 7 rings (SSSR count). The van der Waals surface area contributed by atoms with E-state index in [1.165, 1.54) is 34.4 Å². The second-order valence-electron chi connectivity index (χ2n) is 14.3. The van der Waals surface area contributed by atoms with Gasteiger partial charge in [-0.25, -0.2) is 43.2 Å². The molecule has 342 valence electrons. The molecule has 63 heavy (non-hydrogen) atoms. The number of rotatable bonds is 23. The summed E-state index contributed by atoms with van der Waals surface area (Å²) in [5.41, 5.74) is 19.7. The Kier molecular flexibility index (Phi) is 15.8. The molecule has 0 amide bonds. The molecule has 6 N–H and O–H groups in total. The number of nitrogen functional groups attached to an aromatic ring is 2. The summed E-state index contributed by atoms with van der Waals surface area (Å²) in [4.78, 5) is 24.6. The number of halogens is 2. The average molecular weight is 942 g/mol. The van der Waals surface area contributed by atoms with Crippen molar-refractivity contribution in [2.45, 2.75) is 68.5 Å². The summed E-state index contributed by atoms with van der Waals surface area (Å²) >= 11 is 0.768. The van der Waals surface area contributed by atoms with Crippen molar-refractivity contribution in [3.8, 4) is 0 Å². The first-order chi connectivity index (χ1) is 30.3. The van der Waals surface area contributed by atoms with Gasteiger partial charge in [0.25, 0.3) is 15.0 Å². The fraction of sp³-hybridized carbons (Fsp3) is 0.543. The Morgan fingerprint density at radius 3 is 1.94 bits per heavy atom. The van der Waals surface area contributed by atoms with Crippen LogP contribution in [0.4, 0.5) is 20.4 Å². The molecule has 28 heteroatoms. The lowest BCUT2D eigenvalue weighted by Gasteiger charge is -2.27. The van der Waals surface area contributed by atoms with Gasteiger partial charge in [0, 0.05) is 19.4 Å². The molecular weight excluding hydrogens is 893 g/mol. The number of benzene rings is 1. The lowest BCUT2D eigenvalue weighted by Crippen LogP contribution is -2.34. The van der Waals surface area contributed by atoms with Crippen LogP contribution in [0.15, 0.2) is 49.6 Å².